The molecule has 5 nitrogen and oxygen atoms in total. The van der Waals surface area contributed by atoms with Crippen molar-refractivity contribution in [1.82, 2.24) is 19.7 Å². The minimum Gasteiger partial charge on any atom is -0.341 e. The van der Waals surface area contributed by atoms with E-state index in [-0.39, 0.29) is 11.8 Å². The van der Waals surface area contributed by atoms with Crippen LogP contribution < -0.4 is 0 Å². The molecule has 128 valence electrons. The van der Waals surface area contributed by atoms with E-state index in [1.165, 1.54) is 0 Å². The Morgan fingerprint density at radius 2 is 2.08 bits per heavy atom. The Hall–Kier alpha value is -2.17. The number of hydrogen-bond donors (Lipinski definition) is 0. The zero-order valence-electron chi connectivity index (χ0n) is 14.6. The highest BCUT2D eigenvalue weighted by Crippen LogP contribution is 2.29. The fourth-order valence-electron chi connectivity index (χ4n) is 3.67. The van der Waals surface area contributed by atoms with Crippen LogP contribution in [0.3, 0.4) is 0 Å². The molecule has 1 aromatic heterocycles. The van der Waals surface area contributed by atoms with Gasteiger partial charge in [-0.1, -0.05) is 37.3 Å². The van der Waals surface area contributed by atoms with E-state index in [9.17, 15) is 4.79 Å². The minimum absolute atomic E-state index is 0.0472. The topological polar surface area (TPSA) is 51.0 Å². The number of piperidine rings is 1. The van der Waals surface area contributed by atoms with Gasteiger partial charge in [0.25, 0.3) is 0 Å². The Morgan fingerprint density at radius 1 is 1.29 bits per heavy atom. The first-order valence-corrected chi connectivity index (χ1v) is 8.96. The molecule has 0 unspecified atom stereocenters. The number of aryl methyl sites for hydroxylation is 1. The smallest absolute Gasteiger partial charge is 0.230 e. The number of nitrogens with zero attached hydrogens (tertiary/aromatic N) is 4. The van der Waals surface area contributed by atoms with Crippen molar-refractivity contribution in [1.29, 1.82) is 0 Å². The molecule has 0 radical (unpaired) electrons. The summed E-state index contributed by atoms with van der Waals surface area (Å²) in [7, 11) is 0. The molecule has 1 aliphatic rings. The van der Waals surface area contributed by atoms with Crippen molar-refractivity contribution >= 4 is 5.91 Å². The van der Waals surface area contributed by atoms with Crippen LogP contribution in [0.2, 0.25) is 0 Å². The normalized spacial score (nSPS) is 19.2. The first kappa shape index (κ1) is 16.7. The van der Waals surface area contributed by atoms with E-state index in [1.807, 2.05) is 23.1 Å². The van der Waals surface area contributed by atoms with Crippen LogP contribution in [0.5, 0.6) is 0 Å². The summed E-state index contributed by atoms with van der Waals surface area (Å²) < 4.78 is 2.09. The van der Waals surface area contributed by atoms with Gasteiger partial charge in [0.05, 0.1) is 5.92 Å². The van der Waals surface area contributed by atoms with Gasteiger partial charge in [0, 0.05) is 25.6 Å². The van der Waals surface area contributed by atoms with Crippen molar-refractivity contribution in [3.8, 4) is 0 Å². The van der Waals surface area contributed by atoms with Crippen LogP contribution in [0.25, 0.3) is 0 Å². The van der Waals surface area contributed by atoms with E-state index in [2.05, 4.69) is 40.7 Å². The highest BCUT2D eigenvalue weighted by Gasteiger charge is 2.31. The summed E-state index contributed by atoms with van der Waals surface area (Å²) in [4.78, 5) is 15.1. The van der Waals surface area contributed by atoms with Crippen LogP contribution in [0.4, 0.5) is 0 Å². The van der Waals surface area contributed by atoms with Gasteiger partial charge < -0.3 is 9.47 Å². The Morgan fingerprint density at radius 3 is 2.79 bits per heavy atom. The molecule has 1 aromatic carbocycles. The predicted molar refractivity (Wildman–Crippen MR) is 93.7 cm³/mol. The van der Waals surface area contributed by atoms with Crippen molar-refractivity contribution in [3.05, 3.63) is 48.0 Å². The van der Waals surface area contributed by atoms with E-state index in [1.54, 1.807) is 6.33 Å². The summed E-state index contributed by atoms with van der Waals surface area (Å²) in [5.74, 6) is 1.51. The maximum absolute atomic E-state index is 13.1. The van der Waals surface area contributed by atoms with Crippen LogP contribution in [0.15, 0.2) is 36.7 Å². The maximum atomic E-state index is 13.1. The molecule has 1 amide bonds. The molecule has 0 saturated carbocycles. The predicted octanol–water partition coefficient (Wildman–Crippen LogP) is 3.20. The van der Waals surface area contributed by atoms with Gasteiger partial charge in [-0.3, -0.25) is 4.79 Å². The number of benzene rings is 1. The van der Waals surface area contributed by atoms with Crippen LogP contribution in [-0.2, 0) is 11.3 Å². The third-order valence-corrected chi connectivity index (χ3v) is 4.99. The highest BCUT2D eigenvalue weighted by atomic mass is 16.2. The molecule has 2 heterocycles. The quantitative estimate of drug-likeness (QED) is 0.848. The number of hydrogen-bond acceptors (Lipinski definition) is 3. The summed E-state index contributed by atoms with van der Waals surface area (Å²) in [5, 5.41) is 8.35. The molecule has 0 aliphatic carbocycles. The molecule has 1 saturated heterocycles. The van der Waals surface area contributed by atoms with E-state index < -0.39 is 0 Å². The third-order valence-electron chi connectivity index (χ3n) is 4.99. The molecule has 0 spiro atoms. The fraction of sp³-hybridized carbons (Fsp3) is 0.526. The summed E-state index contributed by atoms with van der Waals surface area (Å²) >= 11 is 0. The molecule has 24 heavy (non-hydrogen) atoms. The fourth-order valence-corrected chi connectivity index (χ4v) is 3.67. The van der Waals surface area contributed by atoms with Crippen LogP contribution in [0, 0.1) is 0 Å². The third kappa shape index (κ3) is 3.35. The van der Waals surface area contributed by atoms with Gasteiger partial charge in [-0.15, -0.1) is 10.2 Å². The van der Waals surface area contributed by atoms with Gasteiger partial charge in [0.1, 0.15) is 12.2 Å². The number of aromatic nitrogens is 3. The first-order chi connectivity index (χ1) is 11.7. The Balaban J connectivity index is 1.75. The number of likely N-dealkylation sites (tertiary alicyclic amines) is 1. The molecule has 3 rings (SSSR count). The van der Waals surface area contributed by atoms with E-state index >= 15 is 0 Å². The highest BCUT2D eigenvalue weighted by molar-refractivity contribution is 5.83. The molecule has 2 aromatic rings. The Kier molecular flexibility index (Phi) is 5.28. The minimum atomic E-state index is -0.0472. The second-order valence-corrected chi connectivity index (χ2v) is 6.47. The average Bonchev–Trinajstić information content (AvgIpc) is 3.12. The van der Waals surface area contributed by atoms with E-state index in [4.69, 9.17) is 0 Å². The standard InChI is InChI=1S/C19H26N4O/c1-3-17(15-9-6-5-7-10-15)19(24)23-12-8-11-16(13-23)18-21-20-14-22(18)4-2/h5-7,9-10,14,16-17H,3-4,8,11-13H2,1-2H3/t16-,17-/m0/s1. The second kappa shape index (κ2) is 7.60. The number of rotatable bonds is 5. The van der Waals surface area contributed by atoms with Gasteiger partial charge in [-0.25, -0.2) is 0 Å². The monoisotopic (exact) mass is 326 g/mol. The lowest BCUT2D eigenvalue weighted by Crippen LogP contribution is -2.42. The van der Waals surface area contributed by atoms with Gasteiger partial charge >= 0.3 is 0 Å². The summed E-state index contributed by atoms with van der Waals surface area (Å²) in [5.41, 5.74) is 1.11. The van der Waals surface area contributed by atoms with E-state index in [0.29, 0.717) is 5.92 Å². The number of carbonyl (C=O) groups excluding carboxylic acids is 1. The van der Waals surface area contributed by atoms with Crippen molar-refractivity contribution in [2.75, 3.05) is 13.1 Å². The Labute approximate surface area is 143 Å². The molecule has 1 fully saturated rings. The lowest BCUT2D eigenvalue weighted by Gasteiger charge is -2.34. The molecular weight excluding hydrogens is 300 g/mol. The van der Waals surface area contributed by atoms with Crippen LogP contribution in [0.1, 0.15) is 56.3 Å². The average molecular weight is 326 g/mol. The summed E-state index contributed by atoms with van der Waals surface area (Å²) in [6.45, 7) is 6.65. The summed E-state index contributed by atoms with van der Waals surface area (Å²) in [6, 6.07) is 10.1. The first-order valence-electron chi connectivity index (χ1n) is 8.96. The Bertz CT molecular complexity index is 667. The lowest BCUT2D eigenvalue weighted by atomic mass is 9.91. The number of carbonyl (C=O) groups is 1. The summed E-state index contributed by atoms with van der Waals surface area (Å²) in [6.07, 6.45) is 4.72. The molecule has 2 atom stereocenters. The van der Waals surface area contributed by atoms with Crippen molar-refractivity contribution in [2.24, 2.45) is 0 Å². The largest absolute Gasteiger partial charge is 0.341 e. The lowest BCUT2D eigenvalue weighted by molar-refractivity contribution is -0.134. The van der Waals surface area contributed by atoms with Gasteiger partial charge in [0.2, 0.25) is 5.91 Å². The van der Waals surface area contributed by atoms with Gasteiger partial charge in [-0.2, -0.15) is 0 Å². The SMILES string of the molecule is CC[C@H](C(=O)N1CCC[C@H](c2nncn2CC)C1)c1ccccc1. The van der Waals surface area contributed by atoms with Crippen molar-refractivity contribution in [2.45, 2.75) is 51.5 Å². The van der Waals surface area contributed by atoms with E-state index in [0.717, 1.165) is 50.3 Å². The van der Waals surface area contributed by atoms with Crippen LogP contribution in [-0.4, -0.2) is 38.7 Å². The zero-order valence-corrected chi connectivity index (χ0v) is 14.6. The molecule has 5 heteroatoms. The van der Waals surface area contributed by atoms with Gasteiger partial charge in [-0.05, 0) is 31.7 Å². The molecule has 0 bridgehead atoms. The molecule has 0 N–H and O–H groups in total. The maximum Gasteiger partial charge on any atom is 0.230 e. The molecular formula is C19H26N4O. The van der Waals surface area contributed by atoms with Crippen LogP contribution >= 0.6 is 0 Å². The number of amides is 1. The zero-order chi connectivity index (χ0) is 16.9. The van der Waals surface area contributed by atoms with Crippen molar-refractivity contribution < 1.29 is 4.79 Å². The van der Waals surface area contributed by atoms with Gasteiger partial charge in [0.15, 0.2) is 0 Å². The van der Waals surface area contributed by atoms with Crippen molar-refractivity contribution in [3.63, 3.8) is 0 Å². The second-order valence-electron chi connectivity index (χ2n) is 6.47. The molecule has 1 aliphatic heterocycles.